The summed E-state index contributed by atoms with van der Waals surface area (Å²) in [5, 5.41) is 9.39. The molecular weight excluding hydrogens is 176 g/mol. The van der Waals surface area contributed by atoms with Gasteiger partial charge in [-0.1, -0.05) is 17.9 Å². The summed E-state index contributed by atoms with van der Waals surface area (Å²) in [5.74, 6) is 10.8. The minimum atomic E-state index is -0.966. The van der Waals surface area contributed by atoms with Crippen LogP contribution in [0, 0.1) is 11.8 Å². The molecule has 3 heteroatoms. The normalized spacial score (nSPS) is 10.3. The Balaban J connectivity index is 2.90. The first-order valence-electron chi connectivity index (χ1n) is 4.33. The molecule has 0 fully saturated rings. The largest absolute Gasteiger partial charge is 0.378 e. The minimum absolute atomic E-state index is 0.799. The SMILES string of the molecule is CC(C)(O)C#Cc1cccc(NN)c1. The number of benzene rings is 1. The second kappa shape index (κ2) is 4.14. The summed E-state index contributed by atoms with van der Waals surface area (Å²) in [6, 6.07) is 7.37. The van der Waals surface area contributed by atoms with Gasteiger partial charge >= 0.3 is 0 Å². The molecule has 3 nitrogen and oxygen atoms in total. The summed E-state index contributed by atoms with van der Waals surface area (Å²) < 4.78 is 0. The summed E-state index contributed by atoms with van der Waals surface area (Å²) in [4.78, 5) is 0. The van der Waals surface area contributed by atoms with E-state index in [1.807, 2.05) is 24.3 Å². The van der Waals surface area contributed by atoms with E-state index in [1.165, 1.54) is 0 Å². The molecule has 74 valence electrons. The molecule has 0 heterocycles. The fourth-order valence-corrected chi connectivity index (χ4v) is 0.912. The van der Waals surface area contributed by atoms with Gasteiger partial charge in [-0.25, -0.2) is 0 Å². The third kappa shape index (κ3) is 3.48. The molecule has 0 amide bonds. The molecule has 0 aliphatic rings. The monoisotopic (exact) mass is 190 g/mol. The molecule has 4 N–H and O–H groups in total. The highest BCUT2D eigenvalue weighted by Gasteiger charge is 2.05. The van der Waals surface area contributed by atoms with Crippen LogP contribution in [0.3, 0.4) is 0 Å². The summed E-state index contributed by atoms with van der Waals surface area (Å²) in [6.45, 7) is 3.29. The van der Waals surface area contributed by atoms with E-state index in [4.69, 9.17) is 5.84 Å². The second-order valence-corrected chi connectivity index (χ2v) is 3.53. The van der Waals surface area contributed by atoms with E-state index in [-0.39, 0.29) is 0 Å². The minimum Gasteiger partial charge on any atom is -0.378 e. The van der Waals surface area contributed by atoms with E-state index >= 15 is 0 Å². The number of nitrogens with two attached hydrogens (primary N) is 1. The predicted molar refractivity (Wildman–Crippen MR) is 57.4 cm³/mol. The van der Waals surface area contributed by atoms with Crippen LogP contribution in [-0.4, -0.2) is 10.7 Å². The highest BCUT2D eigenvalue weighted by molar-refractivity contribution is 5.49. The summed E-state index contributed by atoms with van der Waals surface area (Å²) in [7, 11) is 0. The van der Waals surface area contributed by atoms with Crippen LogP contribution in [0.5, 0.6) is 0 Å². The van der Waals surface area contributed by atoms with Crippen LogP contribution in [-0.2, 0) is 0 Å². The molecule has 0 aliphatic carbocycles. The number of hydrazine groups is 1. The molecule has 0 spiro atoms. The first kappa shape index (κ1) is 10.6. The molecular formula is C11H14N2O. The average Bonchev–Trinajstić information content (AvgIpc) is 2.14. The molecule has 0 aromatic heterocycles. The van der Waals surface area contributed by atoms with Crippen LogP contribution < -0.4 is 11.3 Å². The Morgan fingerprint density at radius 2 is 2.14 bits per heavy atom. The average molecular weight is 190 g/mol. The Labute approximate surface area is 83.9 Å². The van der Waals surface area contributed by atoms with Gasteiger partial charge in [-0.05, 0) is 32.0 Å². The van der Waals surface area contributed by atoms with Gasteiger partial charge in [-0.3, -0.25) is 5.84 Å². The number of nitrogen functional groups attached to an aromatic ring is 1. The molecule has 0 saturated heterocycles. The number of nitrogens with one attached hydrogen (secondary N) is 1. The zero-order valence-electron chi connectivity index (χ0n) is 8.33. The molecule has 1 aromatic carbocycles. The Morgan fingerprint density at radius 1 is 1.43 bits per heavy atom. The van der Waals surface area contributed by atoms with Crippen molar-refractivity contribution in [1.29, 1.82) is 0 Å². The Morgan fingerprint density at radius 3 is 2.71 bits per heavy atom. The molecule has 1 aromatic rings. The molecule has 14 heavy (non-hydrogen) atoms. The zero-order chi connectivity index (χ0) is 10.6. The smallest absolute Gasteiger partial charge is 0.120 e. The second-order valence-electron chi connectivity index (χ2n) is 3.53. The lowest BCUT2D eigenvalue weighted by atomic mass is 10.1. The van der Waals surface area contributed by atoms with Crippen LogP contribution >= 0.6 is 0 Å². The van der Waals surface area contributed by atoms with Crippen molar-refractivity contribution in [1.82, 2.24) is 0 Å². The highest BCUT2D eigenvalue weighted by atomic mass is 16.3. The van der Waals surface area contributed by atoms with Gasteiger partial charge in [0.05, 0.1) is 0 Å². The van der Waals surface area contributed by atoms with E-state index in [1.54, 1.807) is 13.8 Å². The van der Waals surface area contributed by atoms with E-state index in [0.29, 0.717) is 0 Å². The number of hydrogen-bond acceptors (Lipinski definition) is 3. The van der Waals surface area contributed by atoms with Crippen molar-refractivity contribution in [3.8, 4) is 11.8 Å². The van der Waals surface area contributed by atoms with E-state index in [2.05, 4.69) is 17.3 Å². The molecule has 1 rings (SSSR count). The van der Waals surface area contributed by atoms with Crippen LogP contribution in [0.1, 0.15) is 19.4 Å². The molecule has 0 bridgehead atoms. The van der Waals surface area contributed by atoms with E-state index in [0.717, 1.165) is 11.3 Å². The van der Waals surface area contributed by atoms with Gasteiger partial charge in [-0.2, -0.15) is 0 Å². The maximum absolute atomic E-state index is 9.39. The number of anilines is 1. The van der Waals surface area contributed by atoms with Gasteiger partial charge in [-0.15, -0.1) is 0 Å². The lowest BCUT2D eigenvalue weighted by molar-refractivity contribution is 0.143. The van der Waals surface area contributed by atoms with E-state index < -0.39 is 5.60 Å². The van der Waals surface area contributed by atoms with Gasteiger partial charge in [0.1, 0.15) is 5.60 Å². The summed E-state index contributed by atoms with van der Waals surface area (Å²) in [6.07, 6.45) is 0. The Kier molecular flexibility index (Phi) is 3.13. The van der Waals surface area contributed by atoms with Gasteiger partial charge in [0.15, 0.2) is 0 Å². The first-order chi connectivity index (χ1) is 6.51. The number of hydrogen-bond donors (Lipinski definition) is 3. The first-order valence-corrected chi connectivity index (χ1v) is 4.33. The van der Waals surface area contributed by atoms with Crippen molar-refractivity contribution in [3.05, 3.63) is 29.8 Å². The third-order valence-corrected chi connectivity index (χ3v) is 1.54. The fourth-order valence-electron chi connectivity index (χ4n) is 0.912. The maximum atomic E-state index is 9.39. The van der Waals surface area contributed by atoms with Crippen molar-refractivity contribution in [2.75, 3.05) is 5.43 Å². The van der Waals surface area contributed by atoms with Crippen molar-refractivity contribution in [2.24, 2.45) is 5.84 Å². The topological polar surface area (TPSA) is 58.3 Å². The molecule has 0 saturated carbocycles. The van der Waals surface area contributed by atoms with Crippen LogP contribution in [0.25, 0.3) is 0 Å². The van der Waals surface area contributed by atoms with Gasteiger partial charge < -0.3 is 10.5 Å². The quantitative estimate of drug-likeness (QED) is 0.353. The van der Waals surface area contributed by atoms with Crippen molar-refractivity contribution in [3.63, 3.8) is 0 Å². The maximum Gasteiger partial charge on any atom is 0.120 e. The third-order valence-electron chi connectivity index (χ3n) is 1.54. The molecule has 0 radical (unpaired) electrons. The molecule has 0 aliphatic heterocycles. The van der Waals surface area contributed by atoms with E-state index in [9.17, 15) is 5.11 Å². The lowest BCUT2D eigenvalue weighted by Crippen LogP contribution is -2.14. The number of rotatable bonds is 1. The van der Waals surface area contributed by atoms with Crippen LogP contribution in [0.4, 0.5) is 5.69 Å². The lowest BCUT2D eigenvalue weighted by Gasteiger charge is -2.06. The predicted octanol–water partition coefficient (Wildman–Crippen LogP) is 1.09. The van der Waals surface area contributed by atoms with Crippen molar-refractivity contribution in [2.45, 2.75) is 19.4 Å². The standard InChI is InChI=1S/C11H14N2O/c1-11(2,14)7-6-9-4-3-5-10(8-9)13-12/h3-5,8,13-14H,12H2,1-2H3. The Hall–Kier alpha value is -1.50. The zero-order valence-corrected chi connectivity index (χ0v) is 8.33. The Bertz CT molecular complexity index is 369. The molecule has 0 atom stereocenters. The van der Waals surface area contributed by atoms with Gasteiger partial charge in [0.2, 0.25) is 0 Å². The fraction of sp³-hybridized carbons (Fsp3) is 0.273. The van der Waals surface area contributed by atoms with Crippen molar-refractivity contribution >= 4 is 5.69 Å². The van der Waals surface area contributed by atoms with Crippen LogP contribution in [0.2, 0.25) is 0 Å². The van der Waals surface area contributed by atoms with Gasteiger partial charge in [0.25, 0.3) is 0 Å². The number of aliphatic hydroxyl groups is 1. The molecule has 0 unspecified atom stereocenters. The van der Waals surface area contributed by atoms with Gasteiger partial charge in [0, 0.05) is 11.3 Å². The highest BCUT2D eigenvalue weighted by Crippen LogP contribution is 2.08. The summed E-state index contributed by atoms with van der Waals surface area (Å²) in [5.41, 5.74) is 3.19. The summed E-state index contributed by atoms with van der Waals surface area (Å²) >= 11 is 0. The van der Waals surface area contributed by atoms with Crippen LogP contribution in [0.15, 0.2) is 24.3 Å². The van der Waals surface area contributed by atoms with Crippen molar-refractivity contribution < 1.29 is 5.11 Å².